The van der Waals surface area contributed by atoms with Gasteiger partial charge in [-0.1, -0.05) is 0 Å². The molecule has 0 spiro atoms. The Morgan fingerprint density at radius 2 is 2.09 bits per heavy atom. The molecule has 1 saturated heterocycles. The maximum atomic E-state index is 5.61. The van der Waals surface area contributed by atoms with Crippen LogP contribution in [0.15, 0.2) is 12.4 Å². The molecule has 0 amide bonds. The lowest BCUT2D eigenvalue weighted by molar-refractivity contribution is 0.118. The molecule has 1 aliphatic carbocycles. The second kappa shape index (κ2) is 5.56. The zero-order valence-electron chi connectivity index (χ0n) is 13.8. The summed E-state index contributed by atoms with van der Waals surface area (Å²) in [5.41, 5.74) is 1.02. The molecular weight excluding hydrogens is 292 g/mol. The Hall–Kier alpha value is -2.02. The lowest BCUT2D eigenvalue weighted by atomic mass is 10.2. The minimum absolute atomic E-state index is 0.133. The van der Waals surface area contributed by atoms with Gasteiger partial charge in [0.2, 0.25) is 0 Å². The van der Waals surface area contributed by atoms with Gasteiger partial charge in [0.15, 0.2) is 5.82 Å². The number of rotatable bonds is 4. The van der Waals surface area contributed by atoms with Gasteiger partial charge in [-0.3, -0.25) is 0 Å². The number of ether oxygens (including phenoxy) is 1. The highest BCUT2D eigenvalue weighted by Gasteiger charge is 2.37. The third-order valence-electron chi connectivity index (χ3n) is 4.74. The molecule has 2 aromatic heterocycles. The normalized spacial score (nSPS) is 24.4. The van der Waals surface area contributed by atoms with Gasteiger partial charge in [0, 0.05) is 44.8 Å². The molecular formula is C16H22N6O. The summed E-state index contributed by atoms with van der Waals surface area (Å²) in [5.74, 6) is 3.46. The summed E-state index contributed by atoms with van der Waals surface area (Å²) in [6, 6.07) is 2.20. The quantitative estimate of drug-likeness (QED) is 0.856. The van der Waals surface area contributed by atoms with Crippen molar-refractivity contribution in [2.75, 3.05) is 18.6 Å². The predicted molar refractivity (Wildman–Crippen MR) is 85.2 cm³/mol. The van der Waals surface area contributed by atoms with Gasteiger partial charge in [-0.05, 0) is 19.8 Å². The summed E-state index contributed by atoms with van der Waals surface area (Å²) in [7, 11) is 3.75. The van der Waals surface area contributed by atoms with E-state index in [2.05, 4.69) is 26.1 Å². The number of aromatic nitrogens is 5. The molecule has 0 radical (unpaired) electrons. The van der Waals surface area contributed by atoms with Crippen molar-refractivity contribution < 1.29 is 4.74 Å². The molecule has 2 aliphatic rings. The molecule has 2 atom stereocenters. The van der Waals surface area contributed by atoms with Crippen molar-refractivity contribution in [2.24, 2.45) is 7.05 Å². The second-order valence-electron chi connectivity index (χ2n) is 6.56. The standard InChI is InChI=1S/C16H22N6O/c1-10-6-14(19-15(18-10)11-4-5-11)22-8-12(23-3)7-13(22)16-20-17-9-21(16)2/h6,9,11-13H,4-5,7-8H2,1-3H3/t12-,13+/m1/s1. The topological polar surface area (TPSA) is 69.0 Å². The van der Waals surface area contributed by atoms with E-state index in [0.29, 0.717) is 5.92 Å². The van der Waals surface area contributed by atoms with E-state index < -0.39 is 0 Å². The molecule has 0 unspecified atom stereocenters. The first-order valence-corrected chi connectivity index (χ1v) is 8.14. The number of nitrogens with zero attached hydrogens (tertiary/aromatic N) is 6. The van der Waals surface area contributed by atoms with E-state index in [-0.39, 0.29) is 12.1 Å². The van der Waals surface area contributed by atoms with Crippen LogP contribution >= 0.6 is 0 Å². The van der Waals surface area contributed by atoms with Crippen molar-refractivity contribution in [3.8, 4) is 0 Å². The highest BCUT2D eigenvalue weighted by Crippen LogP contribution is 2.40. The molecule has 1 aliphatic heterocycles. The average molecular weight is 314 g/mol. The number of methoxy groups -OCH3 is 1. The zero-order chi connectivity index (χ0) is 16.0. The SMILES string of the molecule is CO[C@@H]1C[C@@H](c2nncn2C)N(c2cc(C)nc(C3CC3)n2)C1. The van der Waals surface area contributed by atoms with Gasteiger partial charge in [-0.2, -0.15) is 0 Å². The van der Waals surface area contributed by atoms with E-state index in [1.807, 2.05) is 18.5 Å². The zero-order valence-corrected chi connectivity index (χ0v) is 13.8. The van der Waals surface area contributed by atoms with E-state index in [1.54, 1.807) is 13.4 Å². The van der Waals surface area contributed by atoms with Gasteiger partial charge in [0.1, 0.15) is 18.0 Å². The van der Waals surface area contributed by atoms with Crippen LogP contribution in [0.2, 0.25) is 0 Å². The van der Waals surface area contributed by atoms with Crippen molar-refractivity contribution >= 4 is 5.82 Å². The minimum Gasteiger partial charge on any atom is -0.380 e. The molecule has 23 heavy (non-hydrogen) atoms. The molecule has 2 aromatic rings. The van der Waals surface area contributed by atoms with Crippen molar-refractivity contribution in [1.29, 1.82) is 0 Å². The highest BCUT2D eigenvalue weighted by atomic mass is 16.5. The smallest absolute Gasteiger partial charge is 0.155 e. The van der Waals surface area contributed by atoms with Gasteiger partial charge < -0.3 is 14.2 Å². The van der Waals surface area contributed by atoms with Crippen LogP contribution in [0.4, 0.5) is 5.82 Å². The molecule has 0 aromatic carbocycles. The molecule has 7 heteroatoms. The van der Waals surface area contributed by atoms with E-state index in [1.165, 1.54) is 12.8 Å². The summed E-state index contributed by atoms with van der Waals surface area (Å²) in [4.78, 5) is 11.7. The van der Waals surface area contributed by atoms with Crippen LogP contribution in [-0.2, 0) is 11.8 Å². The molecule has 122 valence electrons. The Bertz CT molecular complexity index is 710. The predicted octanol–water partition coefficient (Wildman–Crippen LogP) is 1.76. The highest BCUT2D eigenvalue weighted by molar-refractivity contribution is 5.44. The van der Waals surface area contributed by atoms with Gasteiger partial charge in [0.05, 0.1) is 12.1 Å². The fraction of sp³-hybridized carbons (Fsp3) is 0.625. The molecule has 4 rings (SSSR count). The summed E-state index contributed by atoms with van der Waals surface area (Å²) in [6.45, 7) is 2.85. The van der Waals surface area contributed by atoms with Crippen LogP contribution in [0.3, 0.4) is 0 Å². The molecule has 0 bridgehead atoms. The third-order valence-corrected chi connectivity index (χ3v) is 4.74. The van der Waals surface area contributed by atoms with E-state index >= 15 is 0 Å². The molecule has 7 nitrogen and oxygen atoms in total. The van der Waals surface area contributed by atoms with Gasteiger partial charge in [-0.15, -0.1) is 10.2 Å². The first-order chi connectivity index (χ1) is 11.2. The fourth-order valence-corrected chi connectivity index (χ4v) is 3.31. The second-order valence-corrected chi connectivity index (χ2v) is 6.56. The van der Waals surface area contributed by atoms with Crippen LogP contribution in [0.5, 0.6) is 0 Å². The number of anilines is 1. The molecule has 3 heterocycles. The third kappa shape index (κ3) is 2.69. The van der Waals surface area contributed by atoms with Crippen LogP contribution in [0.1, 0.15) is 48.6 Å². The maximum Gasteiger partial charge on any atom is 0.155 e. The van der Waals surface area contributed by atoms with Crippen LogP contribution in [-0.4, -0.2) is 44.5 Å². The largest absolute Gasteiger partial charge is 0.380 e. The van der Waals surface area contributed by atoms with E-state index in [0.717, 1.165) is 36.1 Å². The van der Waals surface area contributed by atoms with Gasteiger partial charge in [0.25, 0.3) is 0 Å². The molecule has 0 N–H and O–H groups in total. The van der Waals surface area contributed by atoms with Crippen LogP contribution in [0, 0.1) is 6.92 Å². The Morgan fingerprint density at radius 3 is 2.74 bits per heavy atom. The Kier molecular flexibility index (Phi) is 3.52. The van der Waals surface area contributed by atoms with E-state index in [4.69, 9.17) is 9.72 Å². The summed E-state index contributed by atoms with van der Waals surface area (Å²) in [6.07, 6.45) is 5.22. The monoisotopic (exact) mass is 314 g/mol. The molecule has 2 fully saturated rings. The van der Waals surface area contributed by atoms with Crippen molar-refractivity contribution in [1.82, 2.24) is 24.7 Å². The summed E-state index contributed by atoms with van der Waals surface area (Å²) < 4.78 is 7.59. The Morgan fingerprint density at radius 1 is 1.26 bits per heavy atom. The first-order valence-electron chi connectivity index (χ1n) is 8.14. The van der Waals surface area contributed by atoms with E-state index in [9.17, 15) is 0 Å². The number of aryl methyl sites for hydroxylation is 2. The number of hydrogen-bond donors (Lipinski definition) is 0. The summed E-state index contributed by atoms with van der Waals surface area (Å²) in [5, 5.41) is 8.34. The van der Waals surface area contributed by atoms with Gasteiger partial charge >= 0.3 is 0 Å². The summed E-state index contributed by atoms with van der Waals surface area (Å²) >= 11 is 0. The Balaban J connectivity index is 1.71. The Labute approximate surface area is 135 Å². The first kappa shape index (κ1) is 14.6. The van der Waals surface area contributed by atoms with Crippen LogP contribution in [0.25, 0.3) is 0 Å². The minimum atomic E-state index is 0.133. The maximum absolute atomic E-state index is 5.61. The lowest BCUT2D eigenvalue weighted by Crippen LogP contribution is -2.27. The van der Waals surface area contributed by atoms with Crippen molar-refractivity contribution in [3.05, 3.63) is 29.7 Å². The van der Waals surface area contributed by atoms with Crippen molar-refractivity contribution in [2.45, 2.75) is 44.2 Å². The van der Waals surface area contributed by atoms with Crippen LogP contribution < -0.4 is 4.90 Å². The fourth-order valence-electron chi connectivity index (χ4n) is 3.31. The number of hydrogen-bond acceptors (Lipinski definition) is 6. The lowest BCUT2D eigenvalue weighted by Gasteiger charge is -2.25. The average Bonchev–Trinajstić information content (AvgIpc) is 3.17. The van der Waals surface area contributed by atoms with Gasteiger partial charge in [-0.25, -0.2) is 9.97 Å². The van der Waals surface area contributed by atoms with Crippen molar-refractivity contribution in [3.63, 3.8) is 0 Å². The molecule has 1 saturated carbocycles.